The first kappa shape index (κ1) is 22.4. The predicted molar refractivity (Wildman–Crippen MR) is 125 cm³/mol. The van der Waals surface area contributed by atoms with Gasteiger partial charge in [0.25, 0.3) is 5.56 Å². The second-order valence-electron chi connectivity index (χ2n) is 7.77. The highest BCUT2D eigenvalue weighted by atomic mass is 32.2. The molecule has 0 radical (unpaired) electrons. The number of rotatable bonds is 9. The number of hydrogen-bond acceptors (Lipinski definition) is 6. The molecular formula is C24H27N3O4S. The molecule has 1 N–H and O–H groups in total. The lowest BCUT2D eigenvalue weighted by Crippen LogP contribution is -2.31. The Morgan fingerprint density at radius 1 is 1.28 bits per heavy atom. The van der Waals surface area contributed by atoms with Gasteiger partial charge in [0.15, 0.2) is 5.16 Å². The zero-order valence-corrected chi connectivity index (χ0v) is 18.9. The maximum atomic E-state index is 13.1. The summed E-state index contributed by atoms with van der Waals surface area (Å²) in [5.74, 6) is 0.821. The quantitative estimate of drug-likeness (QED) is 0.304. The number of amides is 1. The number of benzene rings is 2. The Kier molecular flexibility index (Phi) is 7.44. The largest absolute Gasteiger partial charge is 0.492 e. The van der Waals surface area contributed by atoms with Crippen LogP contribution in [-0.4, -0.2) is 47.1 Å². The van der Waals surface area contributed by atoms with Crippen molar-refractivity contribution >= 4 is 28.6 Å². The molecular weight excluding hydrogens is 426 g/mol. The number of thioether (sulfide) groups is 1. The standard InChI is InChI=1S/C24H27N3O4S/c1-17-6-4-7-18(14-17)31-13-11-25-22(28)16-32-24-26-21-10-3-2-9-20(21)23(29)27(24)15-19-8-5-12-30-19/h2-4,6-7,9-10,14,19H,5,8,11-13,15-16H2,1H3,(H,25,28). The number of carbonyl (C=O) groups excluding carboxylic acids is 1. The molecule has 2 heterocycles. The van der Waals surface area contributed by atoms with Crippen LogP contribution in [0.15, 0.2) is 58.5 Å². The summed E-state index contributed by atoms with van der Waals surface area (Å²) in [5.41, 5.74) is 1.66. The van der Waals surface area contributed by atoms with Crippen LogP contribution >= 0.6 is 11.8 Å². The summed E-state index contributed by atoms with van der Waals surface area (Å²) in [6.45, 7) is 3.96. The van der Waals surface area contributed by atoms with Crippen LogP contribution in [0.5, 0.6) is 5.75 Å². The summed E-state index contributed by atoms with van der Waals surface area (Å²) in [5, 5.41) is 3.97. The molecule has 8 heteroatoms. The highest BCUT2D eigenvalue weighted by Crippen LogP contribution is 2.21. The minimum absolute atomic E-state index is 0.00242. The lowest BCUT2D eigenvalue weighted by Gasteiger charge is -2.16. The molecule has 7 nitrogen and oxygen atoms in total. The molecule has 0 saturated carbocycles. The van der Waals surface area contributed by atoms with Gasteiger partial charge in [-0.3, -0.25) is 14.2 Å². The maximum absolute atomic E-state index is 13.1. The average Bonchev–Trinajstić information content (AvgIpc) is 3.31. The van der Waals surface area contributed by atoms with E-state index < -0.39 is 0 Å². The monoisotopic (exact) mass is 453 g/mol. The van der Waals surface area contributed by atoms with Crippen molar-refractivity contribution < 1.29 is 14.3 Å². The average molecular weight is 454 g/mol. The molecule has 1 aliphatic heterocycles. The Hall–Kier alpha value is -2.84. The SMILES string of the molecule is Cc1cccc(OCCNC(=O)CSc2nc3ccccc3c(=O)n2CC2CCCO2)c1. The molecule has 1 aromatic heterocycles. The van der Waals surface area contributed by atoms with Crippen LogP contribution in [0, 0.1) is 6.92 Å². The Morgan fingerprint density at radius 3 is 2.97 bits per heavy atom. The molecule has 1 atom stereocenters. The molecule has 1 unspecified atom stereocenters. The van der Waals surface area contributed by atoms with E-state index in [1.807, 2.05) is 49.4 Å². The number of nitrogens with zero attached hydrogens (tertiary/aromatic N) is 2. The number of aryl methyl sites for hydroxylation is 1. The Balaban J connectivity index is 1.37. The molecule has 0 bridgehead atoms. The lowest BCUT2D eigenvalue weighted by molar-refractivity contribution is -0.118. The van der Waals surface area contributed by atoms with E-state index >= 15 is 0 Å². The van der Waals surface area contributed by atoms with Gasteiger partial charge in [-0.05, 0) is 49.6 Å². The molecule has 0 spiro atoms. The fourth-order valence-electron chi connectivity index (χ4n) is 3.66. The van der Waals surface area contributed by atoms with Crippen molar-refractivity contribution in [3.8, 4) is 5.75 Å². The van der Waals surface area contributed by atoms with Crippen molar-refractivity contribution in [2.75, 3.05) is 25.5 Å². The van der Waals surface area contributed by atoms with Crippen molar-refractivity contribution in [2.24, 2.45) is 0 Å². The van der Waals surface area contributed by atoms with Gasteiger partial charge in [-0.2, -0.15) is 0 Å². The fourth-order valence-corrected chi connectivity index (χ4v) is 4.49. The van der Waals surface area contributed by atoms with Gasteiger partial charge in [-0.1, -0.05) is 36.0 Å². The van der Waals surface area contributed by atoms with Gasteiger partial charge in [0.2, 0.25) is 5.91 Å². The second kappa shape index (κ2) is 10.7. The molecule has 1 aliphatic rings. The third-order valence-corrected chi connectivity index (χ3v) is 6.23. The van der Waals surface area contributed by atoms with Crippen LogP contribution in [0.25, 0.3) is 10.9 Å². The Bertz CT molecular complexity index is 1140. The van der Waals surface area contributed by atoms with Crippen LogP contribution in [0.4, 0.5) is 0 Å². The van der Waals surface area contributed by atoms with E-state index in [2.05, 4.69) is 10.3 Å². The summed E-state index contributed by atoms with van der Waals surface area (Å²) in [6, 6.07) is 15.1. The summed E-state index contributed by atoms with van der Waals surface area (Å²) in [4.78, 5) is 30.1. The predicted octanol–water partition coefficient (Wildman–Crippen LogP) is 3.17. The van der Waals surface area contributed by atoms with E-state index in [1.54, 1.807) is 10.6 Å². The van der Waals surface area contributed by atoms with Crippen molar-refractivity contribution in [2.45, 2.75) is 37.6 Å². The van der Waals surface area contributed by atoms with Gasteiger partial charge in [0.1, 0.15) is 12.4 Å². The highest BCUT2D eigenvalue weighted by molar-refractivity contribution is 7.99. The van der Waals surface area contributed by atoms with E-state index in [0.29, 0.717) is 35.8 Å². The number of aromatic nitrogens is 2. The van der Waals surface area contributed by atoms with E-state index in [4.69, 9.17) is 9.47 Å². The Labute approximate surface area is 191 Å². The molecule has 3 aromatic rings. The van der Waals surface area contributed by atoms with Crippen LogP contribution in [0.3, 0.4) is 0 Å². The van der Waals surface area contributed by atoms with Gasteiger partial charge in [-0.15, -0.1) is 0 Å². The van der Waals surface area contributed by atoms with E-state index in [0.717, 1.165) is 30.8 Å². The molecule has 1 amide bonds. The van der Waals surface area contributed by atoms with Crippen LogP contribution < -0.4 is 15.6 Å². The number of carbonyl (C=O) groups is 1. The van der Waals surface area contributed by atoms with Crippen molar-refractivity contribution in [1.82, 2.24) is 14.9 Å². The van der Waals surface area contributed by atoms with E-state index in [-0.39, 0.29) is 23.3 Å². The zero-order valence-electron chi connectivity index (χ0n) is 18.1. The molecule has 32 heavy (non-hydrogen) atoms. The first-order chi connectivity index (χ1) is 15.6. The van der Waals surface area contributed by atoms with Gasteiger partial charge in [-0.25, -0.2) is 4.98 Å². The first-order valence-electron chi connectivity index (χ1n) is 10.8. The van der Waals surface area contributed by atoms with E-state index in [1.165, 1.54) is 11.8 Å². The van der Waals surface area contributed by atoms with Gasteiger partial charge < -0.3 is 14.8 Å². The van der Waals surface area contributed by atoms with E-state index in [9.17, 15) is 9.59 Å². The molecule has 2 aromatic carbocycles. The second-order valence-corrected chi connectivity index (χ2v) is 8.71. The van der Waals surface area contributed by atoms with Crippen molar-refractivity contribution in [1.29, 1.82) is 0 Å². The highest BCUT2D eigenvalue weighted by Gasteiger charge is 2.20. The first-order valence-corrected chi connectivity index (χ1v) is 11.8. The topological polar surface area (TPSA) is 82.5 Å². The van der Waals surface area contributed by atoms with Gasteiger partial charge in [0.05, 0.1) is 35.8 Å². The van der Waals surface area contributed by atoms with Crippen LogP contribution in [0.1, 0.15) is 18.4 Å². The van der Waals surface area contributed by atoms with Crippen molar-refractivity contribution in [3.63, 3.8) is 0 Å². The molecule has 168 valence electrons. The zero-order chi connectivity index (χ0) is 22.3. The minimum atomic E-state index is -0.131. The molecule has 0 aliphatic carbocycles. The summed E-state index contributed by atoms with van der Waals surface area (Å²) in [6.07, 6.45) is 1.92. The van der Waals surface area contributed by atoms with Gasteiger partial charge >= 0.3 is 0 Å². The van der Waals surface area contributed by atoms with Crippen molar-refractivity contribution in [3.05, 3.63) is 64.4 Å². The third-order valence-electron chi connectivity index (χ3n) is 5.25. The summed E-state index contributed by atoms with van der Waals surface area (Å²) < 4.78 is 13.0. The molecule has 1 saturated heterocycles. The normalized spacial score (nSPS) is 15.7. The van der Waals surface area contributed by atoms with Gasteiger partial charge in [0, 0.05) is 6.61 Å². The molecule has 4 rings (SSSR count). The minimum Gasteiger partial charge on any atom is -0.492 e. The maximum Gasteiger partial charge on any atom is 0.262 e. The smallest absolute Gasteiger partial charge is 0.262 e. The summed E-state index contributed by atoms with van der Waals surface area (Å²) >= 11 is 1.27. The number of nitrogens with one attached hydrogen (secondary N) is 1. The lowest BCUT2D eigenvalue weighted by atomic mass is 10.2. The van der Waals surface area contributed by atoms with Crippen LogP contribution in [0.2, 0.25) is 0 Å². The number of para-hydroxylation sites is 1. The number of ether oxygens (including phenoxy) is 2. The number of hydrogen-bond donors (Lipinski definition) is 1. The third kappa shape index (κ3) is 5.69. The fraction of sp³-hybridized carbons (Fsp3) is 0.375. The Morgan fingerprint density at radius 2 is 2.16 bits per heavy atom. The molecule has 1 fully saturated rings. The summed E-state index contributed by atoms with van der Waals surface area (Å²) in [7, 11) is 0. The van der Waals surface area contributed by atoms with Crippen LogP contribution in [-0.2, 0) is 16.1 Å². The number of fused-ring (bicyclic) bond motifs is 1.